The Labute approximate surface area is 175 Å². The minimum atomic E-state index is 0.659. The molecule has 1 saturated heterocycles. The Morgan fingerprint density at radius 1 is 0.893 bits per heavy atom. The number of ether oxygens (including phenoxy) is 1. The summed E-state index contributed by atoms with van der Waals surface area (Å²) in [6.45, 7) is 4.83. The Morgan fingerprint density at radius 2 is 1.61 bits per heavy atom. The Hall–Kier alpha value is -2.14. The molecule has 0 radical (unpaired) electrons. The summed E-state index contributed by atoms with van der Waals surface area (Å²) in [5, 5.41) is 1.32. The lowest BCUT2D eigenvalue weighted by Gasteiger charge is -2.36. The molecule has 146 valence electrons. The minimum Gasteiger partial charge on any atom is -0.495 e. The lowest BCUT2D eigenvalue weighted by Crippen LogP contribution is -2.46. The normalized spacial score (nSPS) is 15.0. The predicted octanol–water partition coefficient (Wildman–Crippen LogP) is 5.32. The molecule has 1 aliphatic rings. The zero-order valence-corrected chi connectivity index (χ0v) is 17.3. The van der Waals surface area contributed by atoms with Crippen LogP contribution >= 0.6 is 23.2 Å². The zero-order chi connectivity index (χ0) is 19.5. The fourth-order valence-corrected chi connectivity index (χ4v) is 4.31. The van der Waals surface area contributed by atoms with Gasteiger partial charge in [-0.1, -0.05) is 41.4 Å². The first-order valence-electron chi connectivity index (χ1n) is 9.38. The highest BCUT2D eigenvalue weighted by atomic mass is 35.5. The number of aromatic nitrogens is 1. The molecule has 4 rings (SSSR count). The van der Waals surface area contributed by atoms with Gasteiger partial charge in [0.2, 0.25) is 0 Å². The van der Waals surface area contributed by atoms with Crippen molar-refractivity contribution in [3.05, 3.63) is 70.3 Å². The zero-order valence-electron chi connectivity index (χ0n) is 15.8. The summed E-state index contributed by atoms with van der Waals surface area (Å²) in [7, 11) is 1.73. The summed E-state index contributed by atoms with van der Waals surface area (Å²) in [6, 6.07) is 18.0. The van der Waals surface area contributed by atoms with Crippen LogP contribution in [0.3, 0.4) is 0 Å². The van der Waals surface area contributed by atoms with E-state index < -0.39 is 0 Å². The van der Waals surface area contributed by atoms with Crippen LogP contribution in [0, 0.1) is 0 Å². The first kappa shape index (κ1) is 19.2. The summed E-state index contributed by atoms with van der Waals surface area (Å²) in [4.78, 5) is 8.32. The molecule has 6 heteroatoms. The molecular formula is C22H23Cl2N3O. The van der Waals surface area contributed by atoms with E-state index >= 15 is 0 Å². The van der Waals surface area contributed by atoms with Crippen LogP contribution in [0.5, 0.6) is 5.75 Å². The van der Waals surface area contributed by atoms with Crippen molar-refractivity contribution in [3.63, 3.8) is 0 Å². The predicted molar refractivity (Wildman–Crippen MR) is 117 cm³/mol. The van der Waals surface area contributed by atoms with Gasteiger partial charge in [-0.2, -0.15) is 0 Å². The maximum atomic E-state index is 6.33. The number of para-hydroxylation sites is 2. The Morgan fingerprint density at radius 3 is 2.32 bits per heavy atom. The van der Waals surface area contributed by atoms with E-state index in [1.807, 2.05) is 36.4 Å². The molecule has 1 aromatic heterocycles. The van der Waals surface area contributed by atoms with E-state index in [1.54, 1.807) is 7.11 Å². The minimum absolute atomic E-state index is 0.659. The van der Waals surface area contributed by atoms with E-state index in [0.29, 0.717) is 10.0 Å². The first-order chi connectivity index (χ1) is 13.7. The fraction of sp³-hybridized carbons (Fsp3) is 0.273. The summed E-state index contributed by atoms with van der Waals surface area (Å²) in [5.74, 6) is 0.932. The number of halogens is 2. The molecule has 0 unspecified atom stereocenters. The van der Waals surface area contributed by atoms with Gasteiger partial charge in [0.25, 0.3) is 0 Å². The van der Waals surface area contributed by atoms with Crippen molar-refractivity contribution in [2.45, 2.75) is 6.54 Å². The number of benzene rings is 2. The number of piperazine rings is 1. The summed E-state index contributed by atoms with van der Waals surface area (Å²) >= 11 is 12.7. The van der Waals surface area contributed by atoms with Gasteiger partial charge in [-0.3, -0.25) is 4.90 Å². The molecule has 0 amide bonds. The highest BCUT2D eigenvalue weighted by Crippen LogP contribution is 2.34. The van der Waals surface area contributed by atoms with Crippen LogP contribution in [0.4, 0.5) is 5.69 Å². The third kappa shape index (κ3) is 4.00. The lowest BCUT2D eigenvalue weighted by atomic mass is 10.1. The van der Waals surface area contributed by atoms with Crippen LogP contribution in [0.2, 0.25) is 10.0 Å². The highest BCUT2D eigenvalue weighted by Gasteiger charge is 2.20. The molecule has 0 spiro atoms. The Kier molecular flexibility index (Phi) is 5.81. The largest absolute Gasteiger partial charge is 0.495 e. The number of methoxy groups -OCH3 is 1. The van der Waals surface area contributed by atoms with Crippen molar-refractivity contribution in [1.82, 2.24) is 9.88 Å². The molecule has 2 aromatic carbocycles. The lowest BCUT2D eigenvalue weighted by molar-refractivity contribution is 0.247. The maximum Gasteiger partial charge on any atom is 0.142 e. The number of H-pyrrole nitrogens is 1. The standard InChI is InChI=1S/C22H23Cl2N3O/c1-28-21-8-3-2-7-20(21)27-13-11-26(12-14-27)15-16-9-10-19(25-16)22-17(23)5-4-6-18(22)24/h2-10,25H,11-15H2,1H3. The van der Waals surface area contributed by atoms with Crippen molar-refractivity contribution in [2.24, 2.45) is 0 Å². The van der Waals surface area contributed by atoms with Gasteiger partial charge in [0.05, 0.1) is 22.8 Å². The van der Waals surface area contributed by atoms with Crippen LogP contribution < -0.4 is 9.64 Å². The second-order valence-electron chi connectivity index (χ2n) is 6.93. The van der Waals surface area contributed by atoms with E-state index in [-0.39, 0.29) is 0 Å². The maximum absolute atomic E-state index is 6.33. The molecule has 2 heterocycles. The Balaban J connectivity index is 1.40. The number of rotatable bonds is 5. The quantitative estimate of drug-likeness (QED) is 0.611. The van der Waals surface area contributed by atoms with E-state index in [4.69, 9.17) is 27.9 Å². The fourth-order valence-electron chi connectivity index (χ4n) is 3.71. The van der Waals surface area contributed by atoms with Crippen molar-refractivity contribution < 1.29 is 4.74 Å². The summed E-state index contributed by atoms with van der Waals surface area (Å²) < 4.78 is 5.50. The number of nitrogens with zero attached hydrogens (tertiary/aromatic N) is 2. The smallest absolute Gasteiger partial charge is 0.142 e. The second-order valence-corrected chi connectivity index (χ2v) is 7.74. The van der Waals surface area contributed by atoms with E-state index in [0.717, 1.165) is 55.4 Å². The molecule has 3 aromatic rings. The molecule has 0 atom stereocenters. The van der Waals surface area contributed by atoms with Gasteiger partial charge in [0.1, 0.15) is 5.75 Å². The number of nitrogens with one attached hydrogen (secondary N) is 1. The van der Waals surface area contributed by atoms with Gasteiger partial charge < -0.3 is 14.6 Å². The first-order valence-corrected chi connectivity index (χ1v) is 10.1. The summed E-state index contributed by atoms with van der Waals surface area (Å²) in [6.07, 6.45) is 0. The van der Waals surface area contributed by atoms with Crippen LogP contribution in [-0.4, -0.2) is 43.2 Å². The molecule has 0 aliphatic carbocycles. The number of hydrogen-bond acceptors (Lipinski definition) is 3. The van der Waals surface area contributed by atoms with Gasteiger partial charge in [-0.05, 0) is 36.4 Å². The van der Waals surface area contributed by atoms with Gasteiger partial charge >= 0.3 is 0 Å². The topological polar surface area (TPSA) is 31.5 Å². The SMILES string of the molecule is COc1ccccc1N1CCN(Cc2ccc(-c3c(Cl)cccc3Cl)[nH]2)CC1. The van der Waals surface area contributed by atoms with Crippen molar-refractivity contribution in [1.29, 1.82) is 0 Å². The molecule has 0 bridgehead atoms. The third-order valence-electron chi connectivity index (χ3n) is 5.17. The average Bonchev–Trinajstić information content (AvgIpc) is 3.16. The van der Waals surface area contributed by atoms with Crippen molar-refractivity contribution in [2.75, 3.05) is 38.2 Å². The number of aromatic amines is 1. The third-order valence-corrected chi connectivity index (χ3v) is 5.80. The van der Waals surface area contributed by atoms with E-state index in [9.17, 15) is 0 Å². The van der Waals surface area contributed by atoms with Gasteiger partial charge in [0, 0.05) is 49.7 Å². The van der Waals surface area contributed by atoms with Crippen LogP contribution in [-0.2, 0) is 6.54 Å². The van der Waals surface area contributed by atoms with Crippen LogP contribution in [0.15, 0.2) is 54.6 Å². The summed E-state index contributed by atoms with van der Waals surface area (Å²) in [5.41, 5.74) is 4.15. The molecule has 1 aliphatic heterocycles. The van der Waals surface area contributed by atoms with Gasteiger partial charge in [0.15, 0.2) is 0 Å². The number of hydrogen-bond donors (Lipinski definition) is 1. The van der Waals surface area contributed by atoms with Gasteiger partial charge in [-0.25, -0.2) is 0 Å². The molecule has 1 fully saturated rings. The molecule has 28 heavy (non-hydrogen) atoms. The molecule has 4 nitrogen and oxygen atoms in total. The second kappa shape index (κ2) is 8.48. The van der Waals surface area contributed by atoms with Crippen LogP contribution in [0.25, 0.3) is 11.3 Å². The molecule has 1 N–H and O–H groups in total. The van der Waals surface area contributed by atoms with Gasteiger partial charge in [-0.15, -0.1) is 0 Å². The number of anilines is 1. The van der Waals surface area contributed by atoms with Crippen molar-refractivity contribution >= 4 is 28.9 Å². The average molecular weight is 416 g/mol. The van der Waals surface area contributed by atoms with E-state index in [1.165, 1.54) is 5.69 Å². The van der Waals surface area contributed by atoms with Crippen LogP contribution in [0.1, 0.15) is 5.69 Å². The van der Waals surface area contributed by atoms with Crippen molar-refractivity contribution in [3.8, 4) is 17.0 Å². The van der Waals surface area contributed by atoms with E-state index in [2.05, 4.69) is 33.0 Å². The molecular weight excluding hydrogens is 393 g/mol. The highest BCUT2D eigenvalue weighted by molar-refractivity contribution is 6.39. The Bertz CT molecular complexity index is 928. The monoisotopic (exact) mass is 415 g/mol. The molecule has 0 saturated carbocycles.